The third kappa shape index (κ3) is 3.94. The van der Waals surface area contributed by atoms with Crippen molar-refractivity contribution >= 4 is 16.9 Å². The number of carbonyl (C=O) groups excluding carboxylic acids is 1. The number of nitrogens with one attached hydrogen (secondary N) is 1. The standard InChI is InChI=1S/C23H27N3O2/c1-28-14-4-6-20-5-2-3-13-26(20)23(27)18-9-7-17(8-10-18)19-11-12-21-22(15-19)25-16-24-21/h7-12,15-16,20H,2-6,13-14H2,1H3,(H,24,25)/t20-/m0/s1. The monoisotopic (exact) mass is 377 g/mol. The van der Waals surface area contributed by atoms with E-state index in [1.807, 2.05) is 30.3 Å². The Hall–Kier alpha value is -2.66. The number of hydrogen-bond donors (Lipinski definition) is 1. The topological polar surface area (TPSA) is 58.2 Å². The van der Waals surface area contributed by atoms with Crippen LogP contribution in [0.4, 0.5) is 0 Å². The average molecular weight is 377 g/mol. The highest BCUT2D eigenvalue weighted by Crippen LogP contribution is 2.26. The average Bonchev–Trinajstić information content (AvgIpc) is 3.22. The summed E-state index contributed by atoms with van der Waals surface area (Å²) >= 11 is 0. The second-order valence-electron chi connectivity index (χ2n) is 7.49. The number of hydrogen-bond acceptors (Lipinski definition) is 3. The molecule has 0 radical (unpaired) electrons. The molecule has 0 spiro atoms. The number of rotatable bonds is 6. The number of aromatic nitrogens is 2. The number of fused-ring (bicyclic) bond motifs is 1. The molecule has 1 fully saturated rings. The number of carbonyl (C=O) groups is 1. The SMILES string of the molecule is COCCC[C@@H]1CCCCN1C(=O)c1ccc(-c2ccc3nc[nH]c3c2)cc1. The summed E-state index contributed by atoms with van der Waals surface area (Å²) in [5.41, 5.74) is 4.96. The Bertz CT molecular complexity index is 932. The molecule has 5 nitrogen and oxygen atoms in total. The van der Waals surface area contributed by atoms with Crippen LogP contribution >= 0.6 is 0 Å². The zero-order valence-corrected chi connectivity index (χ0v) is 16.4. The molecule has 4 rings (SSSR count). The van der Waals surface area contributed by atoms with E-state index in [-0.39, 0.29) is 5.91 Å². The highest BCUT2D eigenvalue weighted by Gasteiger charge is 2.27. The van der Waals surface area contributed by atoms with Crippen molar-refractivity contribution < 1.29 is 9.53 Å². The molecule has 1 amide bonds. The maximum Gasteiger partial charge on any atom is 0.254 e. The van der Waals surface area contributed by atoms with Gasteiger partial charge < -0.3 is 14.6 Å². The maximum atomic E-state index is 13.1. The number of amides is 1. The molecule has 146 valence electrons. The van der Waals surface area contributed by atoms with Gasteiger partial charge in [-0.25, -0.2) is 4.98 Å². The molecule has 1 saturated heterocycles. The normalized spacial score (nSPS) is 17.2. The minimum Gasteiger partial charge on any atom is -0.385 e. The number of H-pyrrole nitrogens is 1. The summed E-state index contributed by atoms with van der Waals surface area (Å²) in [6.07, 6.45) is 7.11. The first-order valence-electron chi connectivity index (χ1n) is 10.1. The molecule has 0 aliphatic carbocycles. The molecule has 5 heteroatoms. The lowest BCUT2D eigenvalue weighted by Crippen LogP contribution is -2.43. The number of nitrogens with zero attached hydrogens (tertiary/aromatic N) is 2. The molecule has 0 bridgehead atoms. The van der Waals surface area contributed by atoms with Crippen LogP contribution in [0.2, 0.25) is 0 Å². The minimum atomic E-state index is 0.151. The van der Waals surface area contributed by atoms with E-state index in [1.165, 1.54) is 6.42 Å². The minimum absolute atomic E-state index is 0.151. The van der Waals surface area contributed by atoms with Crippen molar-refractivity contribution in [3.63, 3.8) is 0 Å². The number of methoxy groups -OCH3 is 1. The van der Waals surface area contributed by atoms with Crippen LogP contribution in [-0.2, 0) is 4.74 Å². The fourth-order valence-corrected chi connectivity index (χ4v) is 4.12. The molecule has 1 aromatic heterocycles. The van der Waals surface area contributed by atoms with Crippen LogP contribution in [0.3, 0.4) is 0 Å². The van der Waals surface area contributed by atoms with Gasteiger partial charge in [0, 0.05) is 31.9 Å². The summed E-state index contributed by atoms with van der Waals surface area (Å²) in [5, 5.41) is 0. The first-order chi connectivity index (χ1) is 13.8. The summed E-state index contributed by atoms with van der Waals surface area (Å²) in [5.74, 6) is 0.151. The molecule has 0 saturated carbocycles. The highest BCUT2D eigenvalue weighted by molar-refractivity contribution is 5.95. The second-order valence-corrected chi connectivity index (χ2v) is 7.49. The van der Waals surface area contributed by atoms with E-state index in [1.54, 1.807) is 13.4 Å². The molecule has 2 aromatic carbocycles. The van der Waals surface area contributed by atoms with Crippen LogP contribution in [-0.4, -0.2) is 47.1 Å². The molecule has 1 aliphatic heterocycles. The van der Waals surface area contributed by atoms with Crippen LogP contribution in [0, 0.1) is 0 Å². The van der Waals surface area contributed by atoms with Gasteiger partial charge in [0.1, 0.15) is 0 Å². The number of aromatic amines is 1. The van der Waals surface area contributed by atoms with Gasteiger partial charge in [0.05, 0.1) is 17.4 Å². The van der Waals surface area contributed by atoms with E-state index < -0.39 is 0 Å². The molecule has 0 unspecified atom stereocenters. The third-order valence-corrected chi connectivity index (χ3v) is 5.66. The summed E-state index contributed by atoms with van der Waals surface area (Å²) in [4.78, 5) is 22.6. The fraction of sp³-hybridized carbons (Fsp3) is 0.391. The van der Waals surface area contributed by atoms with Crippen LogP contribution in [0.25, 0.3) is 22.2 Å². The zero-order chi connectivity index (χ0) is 19.3. The van der Waals surface area contributed by atoms with Gasteiger partial charge in [-0.15, -0.1) is 0 Å². The Kier molecular flexibility index (Phi) is 5.72. The van der Waals surface area contributed by atoms with Crippen LogP contribution in [0.5, 0.6) is 0 Å². The number of piperidine rings is 1. The fourth-order valence-electron chi connectivity index (χ4n) is 4.12. The van der Waals surface area contributed by atoms with Gasteiger partial charge >= 0.3 is 0 Å². The van der Waals surface area contributed by atoms with Crippen LogP contribution in [0.1, 0.15) is 42.5 Å². The lowest BCUT2D eigenvalue weighted by molar-refractivity contribution is 0.0585. The smallest absolute Gasteiger partial charge is 0.254 e. The van der Waals surface area contributed by atoms with Crippen molar-refractivity contribution in [3.8, 4) is 11.1 Å². The molecule has 3 aromatic rings. The Labute approximate surface area is 165 Å². The predicted molar refractivity (Wildman–Crippen MR) is 111 cm³/mol. The summed E-state index contributed by atoms with van der Waals surface area (Å²) < 4.78 is 5.18. The lowest BCUT2D eigenvalue weighted by Gasteiger charge is -2.36. The van der Waals surface area contributed by atoms with Crippen LogP contribution < -0.4 is 0 Å². The molecule has 28 heavy (non-hydrogen) atoms. The van der Waals surface area contributed by atoms with Crippen molar-refractivity contribution in [1.82, 2.24) is 14.9 Å². The van der Waals surface area contributed by atoms with Gasteiger partial charge in [-0.3, -0.25) is 4.79 Å². The molecule has 1 aliphatic rings. The van der Waals surface area contributed by atoms with E-state index in [2.05, 4.69) is 27.0 Å². The van der Waals surface area contributed by atoms with Gasteiger partial charge in [-0.2, -0.15) is 0 Å². The Morgan fingerprint density at radius 1 is 1.18 bits per heavy atom. The third-order valence-electron chi connectivity index (χ3n) is 5.66. The lowest BCUT2D eigenvalue weighted by atomic mass is 9.96. The first kappa shape index (κ1) is 18.7. The van der Waals surface area contributed by atoms with Crippen molar-refractivity contribution in [1.29, 1.82) is 0 Å². The Balaban J connectivity index is 1.49. The van der Waals surface area contributed by atoms with E-state index in [4.69, 9.17) is 4.74 Å². The number of imidazole rings is 1. The summed E-state index contributed by atoms with van der Waals surface area (Å²) in [7, 11) is 1.73. The van der Waals surface area contributed by atoms with Gasteiger partial charge in [0.2, 0.25) is 0 Å². The van der Waals surface area contributed by atoms with Crippen molar-refractivity contribution in [2.75, 3.05) is 20.3 Å². The summed E-state index contributed by atoms with van der Waals surface area (Å²) in [6, 6.07) is 14.5. The largest absolute Gasteiger partial charge is 0.385 e. The number of benzene rings is 2. The van der Waals surface area contributed by atoms with E-state index in [0.717, 1.165) is 66.6 Å². The van der Waals surface area contributed by atoms with Crippen molar-refractivity contribution in [2.24, 2.45) is 0 Å². The molecular weight excluding hydrogens is 350 g/mol. The summed E-state index contributed by atoms with van der Waals surface area (Å²) in [6.45, 7) is 1.61. The first-order valence-corrected chi connectivity index (χ1v) is 10.1. The predicted octanol–water partition coefficient (Wildman–Crippen LogP) is 4.65. The molecule has 1 atom stereocenters. The molecular formula is C23H27N3O2. The van der Waals surface area contributed by atoms with Gasteiger partial charge in [0.25, 0.3) is 5.91 Å². The van der Waals surface area contributed by atoms with E-state index in [0.29, 0.717) is 6.04 Å². The molecule has 1 N–H and O–H groups in total. The van der Waals surface area contributed by atoms with Crippen LogP contribution in [0.15, 0.2) is 48.8 Å². The van der Waals surface area contributed by atoms with Crippen molar-refractivity contribution in [3.05, 3.63) is 54.4 Å². The van der Waals surface area contributed by atoms with Gasteiger partial charge in [-0.1, -0.05) is 18.2 Å². The second kappa shape index (κ2) is 8.57. The van der Waals surface area contributed by atoms with Gasteiger partial charge in [0.15, 0.2) is 0 Å². The number of likely N-dealkylation sites (tertiary alicyclic amines) is 1. The van der Waals surface area contributed by atoms with Crippen molar-refractivity contribution in [2.45, 2.75) is 38.1 Å². The van der Waals surface area contributed by atoms with E-state index >= 15 is 0 Å². The zero-order valence-electron chi connectivity index (χ0n) is 16.4. The Morgan fingerprint density at radius 2 is 2.00 bits per heavy atom. The molecule has 2 heterocycles. The maximum absolute atomic E-state index is 13.1. The van der Waals surface area contributed by atoms with Gasteiger partial charge in [-0.05, 0) is 67.5 Å². The quantitative estimate of drug-likeness (QED) is 0.636. The number of ether oxygens (including phenoxy) is 1. The highest BCUT2D eigenvalue weighted by atomic mass is 16.5. The Morgan fingerprint density at radius 3 is 2.82 bits per heavy atom. The van der Waals surface area contributed by atoms with E-state index in [9.17, 15) is 4.79 Å².